The molecule has 2 heterocycles. The van der Waals surface area contributed by atoms with Crippen molar-refractivity contribution in [1.82, 2.24) is 0 Å². The second kappa shape index (κ2) is 24.9. The van der Waals surface area contributed by atoms with Gasteiger partial charge in [-0.3, -0.25) is 4.79 Å². The molecule has 2 aliphatic heterocycles. The van der Waals surface area contributed by atoms with Crippen LogP contribution in [-0.4, -0.2) is 48.7 Å². The third-order valence-electron chi connectivity index (χ3n) is 3.87. The van der Waals surface area contributed by atoms with E-state index in [4.69, 9.17) is 24.5 Å². The van der Waals surface area contributed by atoms with Crippen LogP contribution in [0.1, 0.15) is 80.6 Å². The Labute approximate surface area is 180 Å². The molecule has 3 atom stereocenters. The van der Waals surface area contributed by atoms with Crippen molar-refractivity contribution in [3.63, 3.8) is 0 Å². The Hall–Kier alpha value is -1.17. The van der Waals surface area contributed by atoms with Crippen LogP contribution in [-0.2, 0) is 14.3 Å². The lowest BCUT2D eigenvalue weighted by Gasteiger charge is -2.16. The van der Waals surface area contributed by atoms with Crippen molar-refractivity contribution in [2.24, 2.45) is 11.8 Å². The maximum absolute atomic E-state index is 9.00. The van der Waals surface area contributed by atoms with Gasteiger partial charge in [-0.25, -0.2) is 0 Å². The summed E-state index contributed by atoms with van der Waals surface area (Å²) in [6.07, 6.45) is 16.0. The minimum absolute atomic E-state index is 0.571. The number of ether oxygens (including phenoxy) is 2. The predicted octanol–water partition coefficient (Wildman–Crippen LogP) is 5.87. The molecule has 0 amide bonds. The van der Waals surface area contributed by atoms with Gasteiger partial charge in [-0.1, -0.05) is 64.8 Å². The molecular formula is C24H48O5. The molecule has 174 valence electrons. The number of carboxylic acid groups (broad SMARTS) is 1. The summed E-state index contributed by atoms with van der Waals surface area (Å²) in [5.74, 6) is 0.653. The van der Waals surface area contributed by atoms with Gasteiger partial charge >= 0.3 is 0 Å². The van der Waals surface area contributed by atoms with Gasteiger partial charge in [-0.2, -0.15) is 0 Å². The van der Waals surface area contributed by atoms with Gasteiger partial charge in [-0.15, -0.1) is 0 Å². The number of aliphatic hydroxyl groups excluding tert-OH is 1. The molecule has 2 aliphatic rings. The normalized spacial score (nSPS) is 22.2. The third kappa shape index (κ3) is 34.7. The molecule has 0 saturated carbocycles. The summed E-state index contributed by atoms with van der Waals surface area (Å²) in [5, 5.41) is 14.4. The van der Waals surface area contributed by atoms with Crippen LogP contribution in [0.25, 0.3) is 0 Å². The lowest BCUT2D eigenvalue weighted by atomic mass is 10.1. The number of epoxide rings is 1. The number of carbonyl (C=O) groups is 1. The van der Waals surface area contributed by atoms with Crippen molar-refractivity contribution in [1.29, 1.82) is 0 Å². The molecule has 3 unspecified atom stereocenters. The van der Waals surface area contributed by atoms with E-state index in [9.17, 15) is 0 Å². The van der Waals surface area contributed by atoms with E-state index in [1.807, 2.05) is 19.1 Å². The summed E-state index contributed by atoms with van der Waals surface area (Å²) in [6, 6.07) is 0. The average molecular weight is 417 g/mol. The summed E-state index contributed by atoms with van der Waals surface area (Å²) in [4.78, 5) is 9.00. The standard InChI is InChI=1S/C8H14.C7H14O.C6H12O.C2H4O2.CH4O/c1-4-5-6-7-8(2)3;1-3-4-5-7-6(2)8-7;1-6-3-2-4-7-5-6;1-2(3)4;1-2/h4-8H,1-3H3;6-7H,3-5H2,1-2H3;6H,2-5H2,1H3;1H3,(H,3,4);2H,1H3/b5-4-,7-6+;;;;. The maximum Gasteiger partial charge on any atom is 0.300 e. The summed E-state index contributed by atoms with van der Waals surface area (Å²) in [5.41, 5.74) is 0. The highest BCUT2D eigenvalue weighted by Crippen LogP contribution is 2.25. The van der Waals surface area contributed by atoms with Crippen molar-refractivity contribution in [2.45, 2.75) is 92.8 Å². The number of rotatable bonds is 5. The van der Waals surface area contributed by atoms with E-state index >= 15 is 0 Å². The van der Waals surface area contributed by atoms with Crippen LogP contribution < -0.4 is 0 Å². The highest BCUT2D eigenvalue weighted by Gasteiger charge is 2.32. The molecule has 0 spiro atoms. The first-order valence-electron chi connectivity index (χ1n) is 10.9. The topological polar surface area (TPSA) is 79.3 Å². The number of aliphatic carboxylic acids is 1. The zero-order valence-electron chi connectivity index (χ0n) is 20.2. The Balaban J connectivity index is -0.000000309. The number of carboxylic acids is 1. The highest BCUT2D eigenvalue weighted by atomic mass is 16.6. The van der Waals surface area contributed by atoms with Crippen LogP contribution in [0.3, 0.4) is 0 Å². The maximum atomic E-state index is 9.00. The first-order chi connectivity index (χ1) is 13.7. The molecular weight excluding hydrogens is 368 g/mol. The van der Waals surface area contributed by atoms with E-state index in [0.717, 1.165) is 33.2 Å². The number of hydrogen-bond acceptors (Lipinski definition) is 4. The van der Waals surface area contributed by atoms with E-state index in [0.29, 0.717) is 18.1 Å². The summed E-state index contributed by atoms with van der Waals surface area (Å²) >= 11 is 0. The molecule has 2 fully saturated rings. The third-order valence-corrected chi connectivity index (χ3v) is 3.87. The second-order valence-corrected chi connectivity index (χ2v) is 7.52. The van der Waals surface area contributed by atoms with E-state index in [1.54, 1.807) is 0 Å². The molecule has 2 N–H and O–H groups in total. The summed E-state index contributed by atoms with van der Waals surface area (Å²) in [6.45, 7) is 16.0. The molecule has 0 bridgehead atoms. The first-order valence-corrected chi connectivity index (χ1v) is 10.9. The van der Waals surface area contributed by atoms with Crippen molar-refractivity contribution in [3.05, 3.63) is 24.3 Å². The fourth-order valence-corrected chi connectivity index (χ4v) is 2.24. The van der Waals surface area contributed by atoms with Gasteiger partial charge < -0.3 is 19.7 Å². The van der Waals surface area contributed by atoms with Crippen LogP contribution in [0, 0.1) is 11.8 Å². The van der Waals surface area contributed by atoms with Crippen molar-refractivity contribution in [2.75, 3.05) is 20.3 Å². The number of unbranched alkanes of at least 4 members (excludes halogenated alkanes) is 1. The van der Waals surface area contributed by atoms with Crippen LogP contribution in [0.4, 0.5) is 0 Å². The quantitative estimate of drug-likeness (QED) is 0.433. The van der Waals surface area contributed by atoms with E-state index in [2.05, 4.69) is 46.8 Å². The molecule has 0 aromatic heterocycles. The zero-order valence-corrected chi connectivity index (χ0v) is 20.2. The predicted molar refractivity (Wildman–Crippen MR) is 123 cm³/mol. The Morgan fingerprint density at radius 3 is 2.03 bits per heavy atom. The van der Waals surface area contributed by atoms with Crippen LogP contribution in [0.2, 0.25) is 0 Å². The number of hydrogen-bond donors (Lipinski definition) is 2. The van der Waals surface area contributed by atoms with Gasteiger partial charge in [0, 0.05) is 27.2 Å². The molecule has 5 nitrogen and oxygen atoms in total. The van der Waals surface area contributed by atoms with Crippen LogP contribution in [0.15, 0.2) is 24.3 Å². The monoisotopic (exact) mass is 416 g/mol. The Bertz CT molecular complexity index is 381. The van der Waals surface area contributed by atoms with Gasteiger partial charge in [0.15, 0.2) is 0 Å². The minimum atomic E-state index is -0.833. The molecule has 0 aliphatic carbocycles. The number of aliphatic hydroxyl groups is 1. The van der Waals surface area contributed by atoms with E-state index in [1.165, 1.54) is 32.1 Å². The lowest BCUT2D eigenvalue weighted by molar-refractivity contribution is -0.134. The molecule has 0 aromatic carbocycles. The van der Waals surface area contributed by atoms with E-state index in [-0.39, 0.29) is 0 Å². The van der Waals surface area contributed by atoms with Gasteiger partial charge in [0.05, 0.1) is 12.2 Å². The van der Waals surface area contributed by atoms with Crippen molar-refractivity contribution in [3.8, 4) is 0 Å². The lowest BCUT2D eigenvalue weighted by Crippen LogP contribution is -2.13. The van der Waals surface area contributed by atoms with Crippen molar-refractivity contribution >= 4 is 5.97 Å². The molecule has 29 heavy (non-hydrogen) atoms. The molecule has 2 rings (SSSR count). The van der Waals surface area contributed by atoms with Gasteiger partial charge in [0.1, 0.15) is 0 Å². The molecule has 5 heteroatoms. The smallest absolute Gasteiger partial charge is 0.300 e. The summed E-state index contributed by atoms with van der Waals surface area (Å²) < 4.78 is 10.4. The zero-order chi connectivity index (χ0) is 23.1. The highest BCUT2D eigenvalue weighted by molar-refractivity contribution is 5.62. The Morgan fingerprint density at radius 2 is 1.76 bits per heavy atom. The van der Waals surface area contributed by atoms with Gasteiger partial charge in [-0.05, 0) is 44.9 Å². The number of allylic oxidation sites excluding steroid dienone is 4. The molecule has 0 radical (unpaired) electrons. The van der Waals surface area contributed by atoms with E-state index < -0.39 is 5.97 Å². The average Bonchev–Trinajstić information content (AvgIpc) is 3.38. The fraction of sp³-hybridized carbons (Fsp3) is 0.792. The first kappa shape index (κ1) is 32.5. The summed E-state index contributed by atoms with van der Waals surface area (Å²) in [7, 11) is 1.00. The fourth-order valence-electron chi connectivity index (χ4n) is 2.24. The minimum Gasteiger partial charge on any atom is -0.481 e. The van der Waals surface area contributed by atoms with Crippen molar-refractivity contribution < 1.29 is 24.5 Å². The second-order valence-electron chi connectivity index (χ2n) is 7.52. The SMILES string of the molecule is C/C=C\C=C\C(C)C.CC(=O)O.CC1CCCOC1.CCCCC1OC1C.CO. The Kier molecular flexibility index (Phi) is 27.9. The molecule has 2 saturated heterocycles. The van der Waals surface area contributed by atoms with Gasteiger partial charge in [0.2, 0.25) is 0 Å². The largest absolute Gasteiger partial charge is 0.481 e. The van der Waals surface area contributed by atoms with Crippen LogP contribution >= 0.6 is 0 Å². The van der Waals surface area contributed by atoms with Crippen LogP contribution in [0.5, 0.6) is 0 Å². The molecule has 0 aromatic rings. The Morgan fingerprint density at radius 1 is 1.21 bits per heavy atom. The van der Waals surface area contributed by atoms with Gasteiger partial charge in [0.25, 0.3) is 5.97 Å².